The molecule has 106 valence electrons. The fourth-order valence-electron chi connectivity index (χ4n) is 1.45. The van der Waals surface area contributed by atoms with E-state index in [9.17, 15) is 5.26 Å². The summed E-state index contributed by atoms with van der Waals surface area (Å²) in [5.41, 5.74) is 1.46. The Hall–Kier alpha value is -1.70. The molecule has 0 fully saturated rings. The summed E-state index contributed by atoms with van der Waals surface area (Å²) in [5.74, 6) is 0.504. The van der Waals surface area contributed by atoms with E-state index >= 15 is 0 Å². The highest BCUT2D eigenvalue weighted by molar-refractivity contribution is 6.39. The maximum atomic E-state index is 9.20. The van der Waals surface area contributed by atoms with E-state index in [2.05, 4.69) is 11.1 Å². The van der Waals surface area contributed by atoms with Crippen molar-refractivity contribution in [1.29, 1.82) is 5.26 Å². The summed E-state index contributed by atoms with van der Waals surface area (Å²) in [4.78, 5) is 5.98. The Kier molecular flexibility index (Phi) is 5.87. The highest BCUT2D eigenvalue weighted by atomic mass is 35.5. The van der Waals surface area contributed by atoms with Gasteiger partial charge in [-0.05, 0) is 24.6 Å². The van der Waals surface area contributed by atoms with Gasteiger partial charge in [-0.15, -0.1) is 0 Å². The number of halogens is 2. The van der Waals surface area contributed by atoms with Crippen LogP contribution in [0.25, 0.3) is 5.57 Å². The number of nitrogens with zero attached hydrogens (tertiary/aromatic N) is 3. The Labute approximate surface area is 128 Å². The Morgan fingerprint density at radius 2 is 1.90 bits per heavy atom. The zero-order chi connectivity index (χ0) is 15.3. The molecule has 0 N–H and O–H groups in total. The molecule has 0 amide bonds. The van der Waals surface area contributed by atoms with Crippen molar-refractivity contribution in [2.24, 2.45) is 4.99 Å². The molecule has 1 rings (SSSR count). The van der Waals surface area contributed by atoms with Crippen molar-refractivity contribution in [3.8, 4) is 6.07 Å². The Morgan fingerprint density at radius 3 is 2.30 bits per heavy atom. The summed E-state index contributed by atoms with van der Waals surface area (Å²) >= 11 is 12.4. The van der Waals surface area contributed by atoms with Crippen LogP contribution < -0.4 is 0 Å². The van der Waals surface area contributed by atoms with Crippen molar-refractivity contribution < 1.29 is 4.74 Å². The van der Waals surface area contributed by atoms with Gasteiger partial charge in [0.15, 0.2) is 0 Å². The number of rotatable bonds is 4. The second-order valence-corrected chi connectivity index (χ2v) is 5.06. The van der Waals surface area contributed by atoms with Gasteiger partial charge in [-0.2, -0.15) is 5.26 Å². The molecule has 0 saturated heterocycles. The van der Waals surface area contributed by atoms with Gasteiger partial charge < -0.3 is 9.64 Å². The number of methoxy groups -OCH3 is 1. The van der Waals surface area contributed by atoms with E-state index < -0.39 is 0 Å². The summed E-state index contributed by atoms with van der Waals surface area (Å²) in [7, 11) is 5.20. The van der Waals surface area contributed by atoms with Gasteiger partial charge in [-0.25, -0.2) is 4.99 Å². The molecule has 20 heavy (non-hydrogen) atoms. The van der Waals surface area contributed by atoms with Crippen LogP contribution >= 0.6 is 23.2 Å². The number of aliphatic imine (C=N–C) groups is 1. The lowest BCUT2D eigenvalue weighted by Gasteiger charge is -2.09. The Bertz CT molecular complexity index is 578. The van der Waals surface area contributed by atoms with Crippen molar-refractivity contribution in [3.05, 3.63) is 33.5 Å². The second kappa shape index (κ2) is 7.18. The lowest BCUT2D eigenvalue weighted by Crippen LogP contribution is -2.07. The van der Waals surface area contributed by atoms with Crippen molar-refractivity contribution >= 4 is 40.8 Å². The fraction of sp³-hybridized carbons (Fsp3) is 0.286. The van der Waals surface area contributed by atoms with E-state index in [1.165, 1.54) is 7.11 Å². The predicted octanol–water partition coefficient (Wildman–Crippen LogP) is 4.12. The van der Waals surface area contributed by atoms with Gasteiger partial charge in [0.1, 0.15) is 17.5 Å². The van der Waals surface area contributed by atoms with Crippen molar-refractivity contribution in [2.45, 2.75) is 6.92 Å². The maximum Gasteiger partial charge on any atom is 0.111 e. The molecule has 0 spiro atoms. The molecule has 0 aromatic heterocycles. The van der Waals surface area contributed by atoms with Gasteiger partial charge in [0.05, 0.1) is 29.1 Å². The highest BCUT2D eigenvalue weighted by Gasteiger charge is 2.12. The van der Waals surface area contributed by atoms with Gasteiger partial charge in [-0.3, -0.25) is 0 Å². The molecular weight excluding hydrogens is 297 g/mol. The SMILES string of the molecule is CO/C(C)=C(\C#N)c1cc(Cl)c(/N=C/N(C)C)c(Cl)c1. The summed E-state index contributed by atoms with van der Waals surface area (Å²) in [6.07, 6.45) is 1.61. The zero-order valence-corrected chi connectivity index (χ0v) is 13.2. The van der Waals surface area contributed by atoms with E-state index in [0.717, 1.165) is 0 Å². The third-order valence-electron chi connectivity index (χ3n) is 2.49. The van der Waals surface area contributed by atoms with Crippen molar-refractivity contribution in [2.75, 3.05) is 21.2 Å². The van der Waals surface area contributed by atoms with E-state index in [1.807, 2.05) is 14.1 Å². The van der Waals surface area contributed by atoms with Gasteiger partial charge in [-0.1, -0.05) is 23.2 Å². The van der Waals surface area contributed by atoms with E-state index in [-0.39, 0.29) is 0 Å². The molecule has 4 nitrogen and oxygen atoms in total. The average molecular weight is 312 g/mol. The third kappa shape index (κ3) is 3.89. The third-order valence-corrected chi connectivity index (χ3v) is 3.07. The molecule has 1 aromatic carbocycles. The Balaban J connectivity index is 3.35. The number of hydrogen-bond acceptors (Lipinski definition) is 3. The van der Waals surface area contributed by atoms with Crippen molar-refractivity contribution in [3.63, 3.8) is 0 Å². The van der Waals surface area contributed by atoms with Crippen molar-refractivity contribution in [1.82, 2.24) is 4.90 Å². The van der Waals surface area contributed by atoms with Crippen LogP contribution in [0.2, 0.25) is 10.0 Å². The summed E-state index contributed by atoms with van der Waals surface area (Å²) in [6, 6.07) is 5.38. The first-order valence-electron chi connectivity index (χ1n) is 5.75. The summed E-state index contributed by atoms with van der Waals surface area (Å²) < 4.78 is 5.08. The van der Waals surface area contributed by atoms with Gasteiger partial charge in [0.25, 0.3) is 0 Å². The first-order chi connectivity index (χ1) is 9.40. The van der Waals surface area contributed by atoms with Gasteiger partial charge >= 0.3 is 0 Å². The number of ether oxygens (including phenoxy) is 1. The molecule has 6 heteroatoms. The molecule has 1 aromatic rings. The number of allylic oxidation sites excluding steroid dienone is 2. The standard InChI is InChI=1S/C14H15Cl2N3O/c1-9(20-4)11(7-17)10-5-12(15)14(13(16)6-10)18-8-19(2)3/h5-6,8H,1-4H3/b11-9+,18-8+. The highest BCUT2D eigenvalue weighted by Crippen LogP contribution is 2.36. The molecule has 0 aliphatic heterocycles. The number of benzene rings is 1. The summed E-state index contributed by atoms with van der Waals surface area (Å²) in [6.45, 7) is 1.71. The van der Waals surface area contributed by atoms with Crippen LogP contribution in [0.4, 0.5) is 5.69 Å². The minimum Gasteiger partial charge on any atom is -0.500 e. The van der Waals surface area contributed by atoms with Crippen LogP contribution in [0.1, 0.15) is 12.5 Å². The van der Waals surface area contributed by atoms with Crippen LogP contribution in [0.3, 0.4) is 0 Å². The molecule has 0 aliphatic rings. The Morgan fingerprint density at radius 1 is 1.35 bits per heavy atom. The van der Waals surface area contributed by atoms with Gasteiger partial charge in [0.2, 0.25) is 0 Å². The number of hydrogen-bond donors (Lipinski definition) is 0. The fourth-order valence-corrected chi connectivity index (χ4v) is 2.04. The smallest absolute Gasteiger partial charge is 0.111 e. The molecular formula is C14H15Cl2N3O. The molecule has 0 atom stereocenters. The first kappa shape index (κ1) is 16.4. The average Bonchev–Trinajstić information content (AvgIpc) is 2.38. The van der Waals surface area contributed by atoms with E-state index in [4.69, 9.17) is 27.9 Å². The molecule has 0 bridgehead atoms. The molecule has 0 saturated carbocycles. The second-order valence-electron chi connectivity index (χ2n) is 4.24. The van der Waals surface area contributed by atoms with Crippen LogP contribution in [-0.2, 0) is 4.74 Å². The predicted molar refractivity (Wildman–Crippen MR) is 83.5 cm³/mol. The zero-order valence-electron chi connectivity index (χ0n) is 11.7. The molecule has 0 aliphatic carbocycles. The lowest BCUT2D eigenvalue weighted by atomic mass is 10.1. The molecule has 0 heterocycles. The van der Waals surface area contributed by atoms with E-state index in [0.29, 0.717) is 32.6 Å². The minimum atomic E-state index is 0.377. The lowest BCUT2D eigenvalue weighted by molar-refractivity contribution is 0.296. The van der Waals surface area contributed by atoms with Crippen LogP contribution in [0, 0.1) is 11.3 Å². The molecule has 0 unspecified atom stereocenters. The van der Waals surface area contributed by atoms with Crippen LogP contribution in [0.5, 0.6) is 0 Å². The summed E-state index contributed by atoms with van der Waals surface area (Å²) in [5, 5.41) is 9.95. The van der Waals surface area contributed by atoms with Crippen LogP contribution in [0.15, 0.2) is 22.9 Å². The first-order valence-corrected chi connectivity index (χ1v) is 6.51. The van der Waals surface area contributed by atoms with E-state index in [1.54, 1.807) is 30.3 Å². The number of nitriles is 1. The quantitative estimate of drug-likeness (QED) is 0.364. The maximum absolute atomic E-state index is 9.20. The normalized spacial score (nSPS) is 12.1. The topological polar surface area (TPSA) is 48.6 Å². The molecule has 0 radical (unpaired) electrons. The van der Waals surface area contributed by atoms with Crippen LogP contribution in [-0.4, -0.2) is 32.4 Å². The minimum absolute atomic E-state index is 0.377. The largest absolute Gasteiger partial charge is 0.500 e. The monoisotopic (exact) mass is 311 g/mol. The van der Waals surface area contributed by atoms with Gasteiger partial charge in [0, 0.05) is 14.1 Å².